The topological polar surface area (TPSA) is 89.3 Å². The van der Waals surface area contributed by atoms with Crippen molar-refractivity contribution in [3.8, 4) is 0 Å². The molecule has 5 N–H and O–H groups in total. The van der Waals surface area contributed by atoms with Crippen LogP contribution in [-0.4, -0.2) is 17.6 Å². The van der Waals surface area contributed by atoms with Gasteiger partial charge in [-0.15, -0.1) is 0 Å². The normalized spacial score (nSPS) is 14.4. The fourth-order valence-electron chi connectivity index (χ4n) is 2.12. The summed E-state index contributed by atoms with van der Waals surface area (Å²) < 4.78 is 0. The van der Waals surface area contributed by atoms with Gasteiger partial charge in [0, 0.05) is 12.2 Å². The second-order valence-electron chi connectivity index (χ2n) is 5.06. The molecular weight excluding hydrogens is 228 g/mol. The lowest BCUT2D eigenvalue weighted by molar-refractivity contribution is -0.151. The Kier molecular flexibility index (Phi) is 4.73. The van der Waals surface area contributed by atoms with Crippen LogP contribution in [0.3, 0.4) is 0 Å². The lowest BCUT2D eigenvalue weighted by Crippen LogP contribution is -2.43. The highest BCUT2D eigenvalue weighted by Crippen LogP contribution is 2.32. The first kappa shape index (κ1) is 14.5. The van der Waals surface area contributed by atoms with Crippen LogP contribution in [0.5, 0.6) is 0 Å². The maximum absolute atomic E-state index is 11.5. The van der Waals surface area contributed by atoms with Crippen molar-refractivity contribution in [2.45, 2.75) is 26.7 Å². The van der Waals surface area contributed by atoms with Crippen molar-refractivity contribution < 1.29 is 9.90 Å². The van der Waals surface area contributed by atoms with Gasteiger partial charge in [-0.1, -0.05) is 26.0 Å². The van der Waals surface area contributed by atoms with Crippen LogP contribution >= 0.6 is 0 Å². The van der Waals surface area contributed by atoms with E-state index in [0.29, 0.717) is 18.5 Å². The number of carboxylic acid groups (broad SMARTS) is 1. The lowest BCUT2D eigenvalue weighted by Gasteiger charge is -2.32. The van der Waals surface area contributed by atoms with Crippen LogP contribution in [0, 0.1) is 11.3 Å². The Hall–Kier alpha value is -1.55. The third kappa shape index (κ3) is 3.01. The number of hydrogen-bond acceptors (Lipinski definition) is 3. The summed E-state index contributed by atoms with van der Waals surface area (Å²) in [6, 6.07) is 7.52. The molecule has 0 spiro atoms. The number of aryl methyl sites for hydroxylation is 1. The monoisotopic (exact) mass is 250 g/mol. The molecule has 1 unspecified atom stereocenters. The van der Waals surface area contributed by atoms with E-state index in [2.05, 4.69) is 0 Å². The molecule has 100 valence electrons. The van der Waals surface area contributed by atoms with E-state index in [9.17, 15) is 9.90 Å². The Balaban J connectivity index is 2.79. The predicted octanol–water partition coefficient (Wildman–Crippen LogP) is 1.89. The average Bonchev–Trinajstić information content (AvgIpc) is 2.32. The molecule has 4 heteroatoms. The number of carbonyl (C=O) groups is 1. The van der Waals surface area contributed by atoms with E-state index in [-0.39, 0.29) is 12.5 Å². The largest absolute Gasteiger partial charge is 0.481 e. The van der Waals surface area contributed by atoms with Gasteiger partial charge in [-0.05, 0) is 36.5 Å². The molecule has 0 radical (unpaired) electrons. The standard InChI is InChI=1S/C14H22N2O2/c1-10(2)14(9-15,13(17)18)8-7-11-3-5-12(16)6-4-11/h3-6,10H,7-9,15-16H2,1-2H3,(H,17,18). The number of carboxylic acids is 1. The Labute approximate surface area is 108 Å². The van der Waals surface area contributed by atoms with Crippen molar-refractivity contribution in [3.63, 3.8) is 0 Å². The summed E-state index contributed by atoms with van der Waals surface area (Å²) >= 11 is 0. The molecule has 1 aromatic rings. The number of hydrogen-bond donors (Lipinski definition) is 3. The van der Waals surface area contributed by atoms with E-state index in [1.54, 1.807) is 0 Å². The Morgan fingerprint density at radius 3 is 2.28 bits per heavy atom. The molecule has 0 aliphatic heterocycles. The van der Waals surface area contributed by atoms with Gasteiger partial charge in [0.25, 0.3) is 0 Å². The van der Waals surface area contributed by atoms with E-state index in [1.165, 1.54) is 0 Å². The summed E-state index contributed by atoms with van der Waals surface area (Å²) in [7, 11) is 0. The second-order valence-corrected chi connectivity index (χ2v) is 5.06. The molecule has 0 saturated carbocycles. The van der Waals surface area contributed by atoms with Crippen molar-refractivity contribution in [2.24, 2.45) is 17.1 Å². The van der Waals surface area contributed by atoms with Crippen molar-refractivity contribution >= 4 is 11.7 Å². The Bertz CT molecular complexity index is 401. The van der Waals surface area contributed by atoms with Crippen LogP contribution in [0.1, 0.15) is 25.8 Å². The molecule has 0 aliphatic carbocycles. The molecule has 1 atom stereocenters. The van der Waals surface area contributed by atoms with Gasteiger partial charge < -0.3 is 16.6 Å². The molecule has 0 heterocycles. The van der Waals surface area contributed by atoms with E-state index in [0.717, 1.165) is 5.56 Å². The van der Waals surface area contributed by atoms with Gasteiger partial charge in [0.05, 0.1) is 5.41 Å². The minimum Gasteiger partial charge on any atom is -0.481 e. The molecule has 0 amide bonds. The number of benzene rings is 1. The van der Waals surface area contributed by atoms with Crippen molar-refractivity contribution in [1.82, 2.24) is 0 Å². The van der Waals surface area contributed by atoms with Crippen molar-refractivity contribution in [2.75, 3.05) is 12.3 Å². The van der Waals surface area contributed by atoms with Gasteiger partial charge in [0.15, 0.2) is 0 Å². The number of nitrogens with two attached hydrogens (primary N) is 2. The summed E-state index contributed by atoms with van der Waals surface area (Å²) in [5.41, 5.74) is 12.3. The maximum atomic E-state index is 11.5. The third-order valence-corrected chi connectivity index (χ3v) is 3.73. The molecule has 18 heavy (non-hydrogen) atoms. The van der Waals surface area contributed by atoms with Crippen LogP contribution in [-0.2, 0) is 11.2 Å². The zero-order chi connectivity index (χ0) is 13.8. The summed E-state index contributed by atoms with van der Waals surface area (Å²) in [4.78, 5) is 11.5. The molecular formula is C14H22N2O2. The van der Waals surface area contributed by atoms with Gasteiger partial charge >= 0.3 is 5.97 Å². The van der Waals surface area contributed by atoms with Gasteiger partial charge in [-0.3, -0.25) is 4.79 Å². The Morgan fingerprint density at radius 1 is 1.33 bits per heavy atom. The van der Waals surface area contributed by atoms with Gasteiger partial charge in [0.1, 0.15) is 0 Å². The molecule has 0 bridgehead atoms. The number of anilines is 1. The van der Waals surface area contributed by atoms with Crippen molar-refractivity contribution in [1.29, 1.82) is 0 Å². The summed E-state index contributed by atoms with van der Waals surface area (Å²) in [6.07, 6.45) is 1.24. The van der Waals surface area contributed by atoms with Gasteiger partial charge in [0.2, 0.25) is 0 Å². The maximum Gasteiger partial charge on any atom is 0.311 e. The molecule has 0 saturated heterocycles. The molecule has 0 fully saturated rings. The first-order valence-electron chi connectivity index (χ1n) is 6.20. The summed E-state index contributed by atoms with van der Waals surface area (Å²) in [5.74, 6) is -0.802. The third-order valence-electron chi connectivity index (χ3n) is 3.73. The Morgan fingerprint density at radius 2 is 1.89 bits per heavy atom. The van der Waals surface area contributed by atoms with Gasteiger partial charge in [-0.25, -0.2) is 0 Å². The minimum atomic E-state index is -0.846. The molecule has 4 nitrogen and oxygen atoms in total. The number of rotatable bonds is 6. The highest BCUT2D eigenvalue weighted by molar-refractivity contribution is 5.75. The van der Waals surface area contributed by atoms with Crippen LogP contribution in [0.4, 0.5) is 5.69 Å². The van der Waals surface area contributed by atoms with Gasteiger partial charge in [-0.2, -0.15) is 0 Å². The van der Waals surface area contributed by atoms with E-state index < -0.39 is 11.4 Å². The molecule has 0 aromatic heterocycles. The summed E-state index contributed by atoms with van der Waals surface area (Å²) in [5, 5.41) is 9.42. The van der Waals surface area contributed by atoms with Crippen molar-refractivity contribution in [3.05, 3.63) is 29.8 Å². The molecule has 1 rings (SSSR count). The highest BCUT2D eigenvalue weighted by atomic mass is 16.4. The fraction of sp³-hybridized carbons (Fsp3) is 0.500. The zero-order valence-corrected chi connectivity index (χ0v) is 11.0. The van der Waals surface area contributed by atoms with Crippen LogP contribution < -0.4 is 11.5 Å². The highest BCUT2D eigenvalue weighted by Gasteiger charge is 2.39. The second kappa shape index (κ2) is 5.87. The quantitative estimate of drug-likeness (QED) is 0.672. The molecule has 0 aliphatic rings. The van der Waals surface area contributed by atoms with E-state index >= 15 is 0 Å². The van der Waals surface area contributed by atoms with Crippen LogP contribution in [0.15, 0.2) is 24.3 Å². The smallest absolute Gasteiger partial charge is 0.311 e. The number of nitrogen functional groups attached to an aromatic ring is 1. The SMILES string of the molecule is CC(C)C(CN)(CCc1ccc(N)cc1)C(=O)O. The first-order valence-corrected chi connectivity index (χ1v) is 6.20. The minimum absolute atomic E-state index is 0.00813. The first-order chi connectivity index (χ1) is 8.42. The van der Waals surface area contributed by atoms with E-state index in [1.807, 2.05) is 38.1 Å². The lowest BCUT2D eigenvalue weighted by atomic mass is 9.73. The summed E-state index contributed by atoms with van der Waals surface area (Å²) in [6.45, 7) is 3.98. The molecule has 1 aromatic carbocycles. The predicted molar refractivity (Wildman–Crippen MR) is 73.1 cm³/mol. The van der Waals surface area contributed by atoms with E-state index in [4.69, 9.17) is 11.5 Å². The van der Waals surface area contributed by atoms with Crippen LogP contribution in [0.25, 0.3) is 0 Å². The average molecular weight is 250 g/mol. The zero-order valence-electron chi connectivity index (χ0n) is 11.0. The fourth-order valence-corrected chi connectivity index (χ4v) is 2.12. The number of aliphatic carboxylic acids is 1. The van der Waals surface area contributed by atoms with Crippen LogP contribution in [0.2, 0.25) is 0 Å².